The van der Waals surface area contributed by atoms with Crippen LogP contribution in [0.15, 0.2) is 48.5 Å². The summed E-state index contributed by atoms with van der Waals surface area (Å²) < 4.78 is 0. The van der Waals surface area contributed by atoms with Gasteiger partial charge in [-0.25, -0.2) is 0 Å². The highest BCUT2D eigenvalue weighted by Gasteiger charge is 2.13. The van der Waals surface area contributed by atoms with Gasteiger partial charge in [-0.2, -0.15) is 5.26 Å². The number of nitrogens with zero attached hydrogens (tertiary/aromatic N) is 1. The van der Waals surface area contributed by atoms with Crippen molar-refractivity contribution >= 4 is 0 Å². The highest BCUT2D eigenvalue weighted by Crippen LogP contribution is 2.43. The maximum atomic E-state index is 13.0. The molecule has 3 rings (SSSR count). The van der Waals surface area contributed by atoms with Crippen LogP contribution < -0.4 is 10.0 Å². The van der Waals surface area contributed by atoms with Gasteiger partial charge in [-0.05, 0) is 82.1 Å². The van der Waals surface area contributed by atoms with Crippen molar-refractivity contribution in [3.63, 3.8) is 0 Å². The predicted octanol–water partition coefficient (Wildman–Crippen LogP) is 3.92. The van der Waals surface area contributed by atoms with Gasteiger partial charge in [0.1, 0.15) is 11.5 Å². The van der Waals surface area contributed by atoms with Crippen LogP contribution in [0.25, 0.3) is 22.3 Å². The lowest BCUT2D eigenvalue weighted by Crippen LogP contribution is -3.11. The van der Waals surface area contributed by atoms with E-state index in [1.165, 1.54) is 43.9 Å². The molecule has 0 unspecified atom stereocenters. The first-order chi connectivity index (χ1) is 15.2. The zero-order valence-electron chi connectivity index (χ0n) is 19.5. The molecule has 3 N–H and O–H groups in total. The quantitative estimate of drug-likeness (QED) is 0.570. The maximum Gasteiger partial charge on any atom is 0.123 e. The molecular formula is C27H32N2O3. The zero-order chi connectivity index (χ0) is 23.8. The van der Waals surface area contributed by atoms with E-state index >= 15 is 0 Å². The molecule has 0 aromatic heterocycles. The van der Waals surface area contributed by atoms with Crippen molar-refractivity contribution in [3.05, 3.63) is 65.2 Å². The molecule has 168 valence electrons. The number of phenols is 2. The van der Waals surface area contributed by atoms with Crippen molar-refractivity contribution in [2.75, 3.05) is 19.6 Å². The lowest BCUT2D eigenvalue weighted by Gasteiger charge is -2.21. The van der Waals surface area contributed by atoms with Crippen molar-refractivity contribution in [2.24, 2.45) is 0 Å². The molecule has 3 aromatic carbocycles. The zero-order valence-corrected chi connectivity index (χ0v) is 19.5. The number of benzene rings is 3. The van der Waals surface area contributed by atoms with Crippen LogP contribution in [-0.4, -0.2) is 29.8 Å². The molecule has 0 saturated carbocycles. The third kappa shape index (κ3) is 5.81. The monoisotopic (exact) mass is 432 g/mol. The second-order valence-corrected chi connectivity index (χ2v) is 7.86. The molecule has 32 heavy (non-hydrogen) atoms. The third-order valence-electron chi connectivity index (χ3n) is 5.60. The highest BCUT2D eigenvalue weighted by molar-refractivity contribution is 5.87. The van der Waals surface area contributed by atoms with Crippen molar-refractivity contribution in [2.45, 2.75) is 34.6 Å². The summed E-state index contributed by atoms with van der Waals surface area (Å²) in [5, 5.41) is 42.7. The SMILES string of the molecule is CC[NH+](CC)CC.Cc1ccc(O)c(-c2cc(C#N)cc(-c3cc(C)ccc3O)c2[O-])c1. The summed E-state index contributed by atoms with van der Waals surface area (Å²) >= 11 is 0. The smallest absolute Gasteiger partial charge is 0.123 e. The fourth-order valence-corrected chi connectivity index (χ4v) is 3.57. The number of aromatic hydroxyl groups is 2. The minimum atomic E-state index is -0.346. The first-order valence-electron chi connectivity index (χ1n) is 10.9. The first-order valence-corrected chi connectivity index (χ1v) is 10.9. The molecule has 5 heteroatoms. The lowest BCUT2D eigenvalue weighted by atomic mass is 9.92. The van der Waals surface area contributed by atoms with Crippen LogP contribution in [0.3, 0.4) is 0 Å². The van der Waals surface area contributed by atoms with Gasteiger partial charge >= 0.3 is 0 Å². The molecule has 0 radical (unpaired) electrons. The molecule has 0 fully saturated rings. The number of hydrogen-bond donors (Lipinski definition) is 3. The average Bonchev–Trinajstić information content (AvgIpc) is 2.79. The van der Waals surface area contributed by atoms with E-state index in [4.69, 9.17) is 0 Å². The molecule has 0 saturated heterocycles. The fourth-order valence-electron chi connectivity index (χ4n) is 3.57. The van der Waals surface area contributed by atoms with E-state index in [9.17, 15) is 20.6 Å². The van der Waals surface area contributed by atoms with Gasteiger partial charge in [-0.15, -0.1) is 0 Å². The predicted molar refractivity (Wildman–Crippen MR) is 127 cm³/mol. The summed E-state index contributed by atoms with van der Waals surface area (Å²) in [6.07, 6.45) is 0. The number of quaternary nitrogens is 1. The largest absolute Gasteiger partial charge is 0.872 e. The number of hydrogen-bond acceptors (Lipinski definition) is 4. The van der Waals surface area contributed by atoms with E-state index in [-0.39, 0.29) is 33.9 Å². The summed E-state index contributed by atoms with van der Waals surface area (Å²) in [6, 6.07) is 14.9. The van der Waals surface area contributed by atoms with Gasteiger partial charge in [0.15, 0.2) is 0 Å². The normalized spacial score (nSPS) is 10.4. The summed E-state index contributed by atoms with van der Waals surface area (Å²) in [5.41, 5.74) is 3.26. The van der Waals surface area contributed by atoms with E-state index in [0.29, 0.717) is 11.1 Å². The third-order valence-corrected chi connectivity index (χ3v) is 5.60. The van der Waals surface area contributed by atoms with Gasteiger partial charge < -0.3 is 20.2 Å². The second kappa shape index (κ2) is 11.2. The molecule has 0 heterocycles. The van der Waals surface area contributed by atoms with Gasteiger partial charge in [-0.3, -0.25) is 0 Å². The molecular weight excluding hydrogens is 400 g/mol. The van der Waals surface area contributed by atoms with E-state index in [0.717, 1.165) is 11.1 Å². The molecule has 3 aromatic rings. The Morgan fingerprint density at radius 2 is 1.16 bits per heavy atom. The number of aryl methyl sites for hydroxylation is 2. The standard InChI is InChI=1S/C21H17NO3.C6H15N/c1-12-3-5-19(23)15(7-12)17-9-14(11-22)10-18(21(17)25)16-8-13(2)4-6-20(16)24;1-4-7(5-2)6-3/h3-10,23-25H,1-2H3;4-6H2,1-3H3. The first kappa shape index (κ1) is 24.8. The molecule has 0 aliphatic heterocycles. The van der Waals surface area contributed by atoms with E-state index in [1.807, 2.05) is 19.9 Å². The Morgan fingerprint density at radius 3 is 1.47 bits per heavy atom. The lowest BCUT2D eigenvalue weighted by molar-refractivity contribution is -0.894. The van der Waals surface area contributed by atoms with Crippen LogP contribution in [0.2, 0.25) is 0 Å². The number of rotatable bonds is 5. The minimum absolute atomic E-state index is 0.0304. The molecule has 5 nitrogen and oxygen atoms in total. The Labute approximate surface area is 190 Å². The Bertz CT molecular complexity index is 1030. The number of nitrogens with one attached hydrogen (secondary N) is 1. The summed E-state index contributed by atoms with van der Waals surface area (Å²) in [7, 11) is 0. The van der Waals surface area contributed by atoms with Gasteiger partial charge in [-0.1, -0.05) is 29.0 Å². The van der Waals surface area contributed by atoms with Gasteiger partial charge in [0, 0.05) is 11.1 Å². The van der Waals surface area contributed by atoms with Crippen molar-refractivity contribution in [1.29, 1.82) is 5.26 Å². The fraction of sp³-hybridized carbons (Fsp3) is 0.296. The van der Waals surface area contributed by atoms with Crippen LogP contribution in [0.4, 0.5) is 0 Å². The van der Waals surface area contributed by atoms with Crippen molar-refractivity contribution in [1.82, 2.24) is 0 Å². The summed E-state index contributed by atoms with van der Waals surface area (Å²) in [4.78, 5) is 1.68. The van der Waals surface area contributed by atoms with Crippen LogP contribution in [-0.2, 0) is 0 Å². The van der Waals surface area contributed by atoms with Crippen molar-refractivity contribution in [3.8, 4) is 45.6 Å². The average molecular weight is 433 g/mol. The van der Waals surface area contributed by atoms with Gasteiger partial charge in [0.25, 0.3) is 0 Å². The van der Waals surface area contributed by atoms with Gasteiger partial charge in [0.05, 0.1) is 31.3 Å². The Hall–Kier alpha value is -3.49. The van der Waals surface area contributed by atoms with E-state index in [2.05, 4.69) is 20.8 Å². The number of nitriles is 1. The Kier molecular flexibility index (Phi) is 8.69. The second-order valence-electron chi connectivity index (χ2n) is 7.86. The molecule has 0 bridgehead atoms. The van der Waals surface area contributed by atoms with E-state index < -0.39 is 0 Å². The Balaban J connectivity index is 0.000000451. The molecule has 0 aliphatic carbocycles. The topological polar surface area (TPSA) is 91.8 Å². The van der Waals surface area contributed by atoms with Crippen LogP contribution in [0, 0.1) is 25.2 Å². The van der Waals surface area contributed by atoms with Crippen LogP contribution >= 0.6 is 0 Å². The summed E-state index contributed by atoms with van der Waals surface area (Å²) in [6.45, 7) is 14.2. The van der Waals surface area contributed by atoms with Crippen LogP contribution in [0.5, 0.6) is 17.2 Å². The molecule has 0 atom stereocenters. The Morgan fingerprint density at radius 1 is 0.750 bits per heavy atom. The van der Waals surface area contributed by atoms with Crippen molar-refractivity contribution < 1.29 is 20.2 Å². The number of phenolic OH excluding ortho intramolecular Hbond substituents is 2. The van der Waals surface area contributed by atoms with E-state index in [1.54, 1.807) is 29.2 Å². The maximum absolute atomic E-state index is 13.0. The molecule has 0 spiro atoms. The molecule has 0 aliphatic rings. The summed E-state index contributed by atoms with van der Waals surface area (Å²) in [5.74, 6) is -0.407. The van der Waals surface area contributed by atoms with Crippen LogP contribution in [0.1, 0.15) is 37.5 Å². The van der Waals surface area contributed by atoms with Gasteiger partial charge in [0.2, 0.25) is 0 Å². The molecule has 0 amide bonds. The minimum Gasteiger partial charge on any atom is -0.872 e. The highest BCUT2D eigenvalue weighted by atomic mass is 16.3.